The normalized spacial score (nSPS) is 44.0. The number of ether oxygens (including phenoxy) is 4. The Bertz CT molecular complexity index is 1050. The molecule has 0 amide bonds. The number of benzene rings is 2. The fraction of sp³-hybridized carbons (Fsp3) is 0.350. The van der Waals surface area contributed by atoms with Crippen molar-refractivity contribution in [3.05, 3.63) is 48.6 Å². The first-order valence-electron chi connectivity index (χ1n) is 8.89. The van der Waals surface area contributed by atoms with Gasteiger partial charge in [0.1, 0.15) is 29.8 Å². The van der Waals surface area contributed by atoms with Gasteiger partial charge in [-0.25, -0.2) is 0 Å². The number of hydrogen-bond donors (Lipinski definition) is 2. The summed E-state index contributed by atoms with van der Waals surface area (Å²) in [6.07, 6.45) is -1.05. The summed E-state index contributed by atoms with van der Waals surface area (Å²) in [5.41, 5.74) is -3.20. The van der Waals surface area contributed by atoms with Gasteiger partial charge < -0.3 is 29.2 Å². The molecule has 2 N–H and O–H groups in total. The topological polar surface area (TPSA) is 101 Å². The van der Waals surface area contributed by atoms with Crippen molar-refractivity contribution >= 4 is 16.6 Å². The summed E-state index contributed by atoms with van der Waals surface area (Å²) in [7, 11) is 0. The Hall–Kier alpha value is -2.45. The Morgan fingerprint density at radius 2 is 1.70 bits per heavy atom. The van der Waals surface area contributed by atoms with Gasteiger partial charge in [-0.3, -0.25) is 4.79 Å². The highest BCUT2D eigenvalue weighted by atomic mass is 16.8. The number of ketones is 1. The van der Waals surface area contributed by atoms with Crippen molar-refractivity contribution in [1.82, 2.24) is 0 Å². The van der Waals surface area contributed by atoms with Crippen molar-refractivity contribution in [1.29, 1.82) is 0 Å². The summed E-state index contributed by atoms with van der Waals surface area (Å²) in [5, 5.41) is 23.1. The van der Waals surface area contributed by atoms with E-state index in [4.69, 9.17) is 18.9 Å². The molecule has 27 heavy (non-hydrogen) atoms. The highest BCUT2D eigenvalue weighted by Gasteiger charge is 2.99. The molecule has 5 aliphatic rings. The summed E-state index contributed by atoms with van der Waals surface area (Å²) >= 11 is 0. The summed E-state index contributed by atoms with van der Waals surface area (Å²) < 4.78 is 24.2. The van der Waals surface area contributed by atoms with Crippen molar-refractivity contribution < 1.29 is 34.0 Å². The molecule has 1 saturated carbocycles. The second-order valence-electron chi connectivity index (χ2n) is 7.69. The van der Waals surface area contributed by atoms with Crippen LogP contribution in [0.4, 0.5) is 0 Å². The predicted octanol–water partition coefficient (Wildman–Crippen LogP) is 0.457. The van der Waals surface area contributed by atoms with Gasteiger partial charge in [-0.05, 0) is 29.7 Å². The molecule has 0 unspecified atom stereocenters. The van der Waals surface area contributed by atoms with Gasteiger partial charge in [-0.15, -0.1) is 0 Å². The fourth-order valence-corrected chi connectivity index (χ4v) is 5.30. The average Bonchev–Trinajstić information content (AvgIpc) is 3.57. The summed E-state index contributed by atoms with van der Waals surface area (Å²) in [6, 6.07) is 11.2. The fourth-order valence-electron chi connectivity index (χ4n) is 5.30. The molecule has 0 radical (unpaired) electrons. The molecule has 7 rings (SSSR count). The van der Waals surface area contributed by atoms with Gasteiger partial charge in [-0.2, -0.15) is 0 Å². The molecule has 7 nitrogen and oxygen atoms in total. The Labute approximate surface area is 152 Å². The van der Waals surface area contributed by atoms with Gasteiger partial charge >= 0.3 is 5.79 Å². The van der Waals surface area contributed by atoms with E-state index in [1.165, 1.54) is 12.2 Å². The van der Waals surface area contributed by atoms with Gasteiger partial charge in [0.2, 0.25) is 5.60 Å². The second kappa shape index (κ2) is 4.02. The lowest BCUT2D eigenvalue weighted by Gasteiger charge is -2.45. The standard InChI is InChI=1S/C20H14O7/c21-12-7-8-13(22)19-18(12,27-19)16(23)15-17(24-15)20(19)25-10-5-1-3-9-4-2-6-11(26-20)14(9)10/h1-8,12,15-17,21,23H/t12-,15+,16-,17+,18-,19-/m0/s1. The van der Waals surface area contributed by atoms with Crippen molar-refractivity contribution in [3.8, 4) is 11.5 Å². The molecule has 3 heterocycles. The number of hydrogen-bond acceptors (Lipinski definition) is 7. The molecule has 3 aliphatic heterocycles. The number of aliphatic hydroxyl groups is 2. The minimum Gasteiger partial charge on any atom is -0.446 e. The summed E-state index contributed by atoms with van der Waals surface area (Å²) in [4.78, 5) is 13.0. The van der Waals surface area contributed by atoms with Crippen LogP contribution < -0.4 is 9.47 Å². The number of fused-ring (bicyclic) bond motifs is 2. The molecule has 2 aliphatic carbocycles. The van der Waals surface area contributed by atoms with Crippen LogP contribution in [0.5, 0.6) is 11.5 Å². The van der Waals surface area contributed by atoms with Crippen LogP contribution in [0.15, 0.2) is 48.6 Å². The van der Waals surface area contributed by atoms with E-state index in [9.17, 15) is 15.0 Å². The highest BCUT2D eigenvalue weighted by molar-refractivity contribution is 6.05. The third-order valence-electron chi connectivity index (χ3n) is 6.54. The van der Waals surface area contributed by atoms with Crippen LogP contribution in [0.25, 0.3) is 10.8 Å². The molecular formula is C20H14O7. The minimum atomic E-state index is -1.67. The van der Waals surface area contributed by atoms with Crippen LogP contribution >= 0.6 is 0 Å². The molecule has 3 fully saturated rings. The molecule has 0 aromatic heterocycles. The molecule has 2 aromatic rings. The van der Waals surface area contributed by atoms with Crippen LogP contribution in [0.3, 0.4) is 0 Å². The molecule has 2 saturated heterocycles. The zero-order chi connectivity index (χ0) is 18.2. The van der Waals surface area contributed by atoms with Crippen LogP contribution in [0, 0.1) is 0 Å². The summed E-state index contributed by atoms with van der Waals surface area (Å²) in [6.45, 7) is 0. The predicted molar refractivity (Wildman–Crippen MR) is 89.3 cm³/mol. The first-order valence-corrected chi connectivity index (χ1v) is 8.89. The van der Waals surface area contributed by atoms with E-state index in [2.05, 4.69) is 0 Å². The van der Waals surface area contributed by atoms with Crippen LogP contribution in [-0.2, 0) is 14.3 Å². The smallest absolute Gasteiger partial charge is 0.320 e. The van der Waals surface area contributed by atoms with E-state index >= 15 is 0 Å². The van der Waals surface area contributed by atoms with E-state index < -0.39 is 47.2 Å². The molecule has 1 spiro atoms. The van der Waals surface area contributed by atoms with E-state index in [0.29, 0.717) is 11.5 Å². The van der Waals surface area contributed by atoms with Crippen molar-refractivity contribution in [2.24, 2.45) is 0 Å². The van der Waals surface area contributed by atoms with Gasteiger partial charge in [0, 0.05) is 0 Å². The Balaban J connectivity index is 1.50. The molecule has 6 atom stereocenters. The van der Waals surface area contributed by atoms with Crippen molar-refractivity contribution in [2.45, 2.75) is 41.4 Å². The first kappa shape index (κ1) is 14.6. The maximum Gasteiger partial charge on any atom is 0.320 e. The van der Waals surface area contributed by atoms with E-state index in [1.807, 2.05) is 24.3 Å². The number of carbonyl (C=O) groups excluding carboxylic acids is 1. The highest BCUT2D eigenvalue weighted by Crippen LogP contribution is 2.71. The number of rotatable bonds is 0. The third kappa shape index (κ3) is 1.28. The molecule has 136 valence electrons. The summed E-state index contributed by atoms with van der Waals surface area (Å²) in [5.74, 6) is -0.916. The van der Waals surface area contributed by atoms with Crippen LogP contribution in [0.2, 0.25) is 0 Å². The lowest BCUT2D eigenvalue weighted by Crippen LogP contribution is -2.73. The van der Waals surface area contributed by atoms with Gasteiger partial charge in [0.05, 0.1) is 5.39 Å². The zero-order valence-corrected chi connectivity index (χ0v) is 13.9. The SMILES string of the molecule is O=C1C=C[C@H](O)[C@@]23O[C@@]12C1(Oc2cccc4cccc(c24)O1)[C@@H]1O[C@@H]1[C@@H]3O. The molecular weight excluding hydrogens is 352 g/mol. The second-order valence-corrected chi connectivity index (χ2v) is 7.69. The third-order valence-corrected chi connectivity index (χ3v) is 6.54. The van der Waals surface area contributed by atoms with Gasteiger partial charge in [-0.1, -0.05) is 24.3 Å². The van der Waals surface area contributed by atoms with E-state index in [1.54, 1.807) is 12.1 Å². The monoisotopic (exact) mass is 366 g/mol. The van der Waals surface area contributed by atoms with Gasteiger partial charge in [0.15, 0.2) is 17.5 Å². The van der Waals surface area contributed by atoms with E-state index in [0.717, 1.165) is 10.8 Å². The Morgan fingerprint density at radius 1 is 1.00 bits per heavy atom. The zero-order valence-electron chi connectivity index (χ0n) is 13.9. The molecule has 2 aromatic carbocycles. The number of aliphatic hydroxyl groups excluding tert-OH is 2. The average molecular weight is 366 g/mol. The first-order chi connectivity index (χ1) is 13.1. The maximum absolute atomic E-state index is 13.0. The van der Waals surface area contributed by atoms with Crippen LogP contribution in [-0.4, -0.2) is 57.4 Å². The Kier molecular flexibility index (Phi) is 2.17. The van der Waals surface area contributed by atoms with Crippen molar-refractivity contribution in [2.75, 3.05) is 0 Å². The van der Waals surface area contributed by atoms with Crippen molar-refractivity contribution in [3.63, 3.8) is 0 Å². The molecule has 7 heteroatoms. The largest absolute Gasteiger partial charge is 0.446 e. The maximum atomic E-state index is 13.0. The Morgan fingerprint density at radius 3 is 2.41 bits per heavy atom. The quantitative estimate of drug-likeness (QED) is 0.653. The molecule has 0 bridgehead atoms. The lowest BCUT2D eigenvalue weighted by atomic mass is 9.66. The number of epoxide rings is 2. The lowest BCUT2D eigenvalue weighted by molar-refractivity contribution is -0.191. The minimum absolute atomic E-state index is 0.410. The van der Waals surface area contributed by atoms with Gasteiger partial charge in [0.25, 0.3) is 0 Å². The van der Waals surface area contributed by atoms with Crippen LogP contribution in [0.1, 0.15) is 0 Å². The van der Waals surface area contributed by atoms with E-state index in [-0.39, 0.29) is 0 Å². The number of carbonyl (C=O) groups is 1.